The molecule has 0 saturated carbocycles. The van der Waals surface area contributed by atoms with Gasteiger partial charge in [-0.15, -0.1) is 0 Å². The minimum Gasteiger partial charge on any atom is -0.494 e. The molecule has 0 unspecified atom stereocenters. The molecule has 0 aliphatic carbocycles. The fraction of sp³-hybridized carbons (Fsp3) is 0.115. The van der Waals surface area contributed by atoms with Gasteiger partial charge in [-0.05, 0) is 74.5 Å². The Bertz CT molecular complexity index is 1660. The second kappa shape index (κ2) is 10.5. The van der Waals surface area contributed by atoms with Crippen molar-refractivity contribution in [3.8, 4) is 17.3 Å². The first kappa shape index (κ1) is 25.5. The molecule has 4 aromatic rings. The molecule has 11 heteroatoms. The van der Waals surface area contributed by atoms with E-state index >= 15 is 0 Å². The van der Waals surface area contributed by atoms with E-state index in [4.69, 9.17) is 4.74 Å². The Morgan fingerprint density at radius 1 is 1.00 bits per heavy atom. The second-order valence-corrected chi connectivity index (χ2v) is 9.66. The highest BCUT2D eigenvalue weighted by molar-refractivity contribution is 7.92. The summed E-state index contributed by atoms with van der Waals surface area (Å²) >= 11 is 0. The normalized spacial score (nSPS) is 11.5. The van der Waals surface area contributed by atoms with Crippen LogP contribution in [0.2, 0.25) is 0 Å². The third kappa shape index (κ3) is 5.78. The van der Waals surface area contributed by atoms with Crippen molar-refractivity contribution in [1.82, 2.24) is 9.55 Å². The second-order valence-electron chi connectivity index (χ2n) is 7.98. The summed E-state index contributed by atoms with van der Waals surface area (Å²) in [6.45, 7) is 4.24. The minimum absolute atomic E-state index is 0.00829. The van der Waals surface area contributed by atoms with Crippen molar-refractivity contribution in [1.29, 1.82) is 0 Å². The Hall–Kier alpha value is -4.64. The Morgan fingerprint density at radius 3 is 2.27 bits per heavy atom. The molecule has 1 aromatic heterocycles. The quantitative estimate of drug-likeness (QED) is 0.304. The summed E-state index contributed by atoms with van der Waals surface area (Å²) in [6.07, 6.45) is 1.11. The Kier molecular flexibility index (Phi) is 7.25. The average molecular weight is 521 g/mol. The van der Waals surface area contributed by atoms with Crippen LogP contribution in [0.25, 0.3) is 5.69 Å². The lowest BCUT2D eigenvalue weighted by molar-refractivity contribution is 0.340. The van der Waals surface area contributed by atoms with Crippen molar-refractivity contribution in [2.45, 2.75) is 18.7 Å². The van der Waals surface area contributed by atoms with Gasteiger partial charge in [0.1, 0.15) is 11.3 Å². The lowest BCUT2D eigenvalue weighted by Crippen LogP contribution is -2.31. The summed E-state index contributed by atoms with van der Waals surface area (Å²) in [5.41, 5.74) is 0.201. The highest BCUT2D eigenvalue weighted by atomic mass is 32.2. The molecule has 0 fully saturated rings. The molecule has 0 aliphatic heterocycles. The van der Waals surface area contributed by atoms with Crippen molar-refractivity contribution in [2.75, 3.05) is 11.3 Å². The predicted octanol–water partition coefficient (Wildman–Crippen LogP) is 3.49. The van der Waals surface area contributed by atoms with Gasteiger partial charge in [-0.3, -0.25) is 19.5 Å². The number of sulfonamides is 1. The topological polar surface area (TPSA) is 143 Å². The van der Waals surface area contributed by atoms with E-state index in [1.165, 1.54) is 24.3 Å². The molecule has 0 atom stereocenters. The van der Waals surface area contributed by atoms with Crippen molar-refractivity contribution in [3.63, 3.8) is 0 Å². The Morgan fingerprint density at radius 2 is 1.65 bits per heavy atom. The van der Waals surface area contributed by atoms with Crippen LogP contribution >= 0.6 is 0 Å². The zero-order chi connectivity index (χ0) is 26.6. The number of H-pyrrole nitrogens is 1. The largest absolute Gasteiger partial charge is 0.494 e. The van der Waals surface area contributed by atoms with E-state index in [1.54, 1.807) is 48.5 Å². The van der Waals surface area contributed by atoms with E-state index in [2.05, 4.69) is 14.7 Å². The van der Waals surface area contributed by atoms with E-state index in [0.29, 0.717) is 29.4 Å². The van der Waals surface area contributed by atoms with Gasteiger partial charge >= 0.3 is 5.69 Å². The lowest BCUT2D eigenvalue weighted by Gasteiger charge is -2.10. The van der Waals surface area contributed by atoms with E-state index in [0.717, 1.165) is 16.3 Å². The molecule has 3 N–H and O–H groups in total. The van der Waals surface area contributed by atoms with Gasteiger partial charge in [0, 0.05) is 11.9 Å². The van der Waals surface area contributed by atoms with Gasteiger partial charge in [0.2, 0.25) is 5.88 Å². The van der Waals surface area contributed by atoms with Crippen LogP contribution in [-0.2, 0) is 10.0 Å². The summed E-state index contributed by atoms with van der Waals surface area (Å²) in [5, 5.41) is 10.6. The number of benzene rings is 3. The molecule has 0 aliphatic rings. The molecule has 0 bridgehead atoms. The predicted molar refractivity (Wildman–Crippen MR) is 141 cm³/mol. The fourth-order valence-corrected chi connectivity index (χ4v) is 4.50. The summed E-state index contributed by atoms with van der Waals surface area (Å²) < 4.78 is 34.3. The van der Waals surface area contributed by atoms with Crippen LogP contribution in [0.1, 0.15) is 18.1 Å². The smallest absolute Gasteiger partial charge is 0.335 e. The van der Waals surface area contributed by atoms with Crippen molar-refractivity contribution in [2.24, 2.45) is 4.99 Å². The fourth-order valence-electron chi connectivity index (χ4n) is 3.44. The van der Waals surface area contributed by atoms with E-state index < -0.39 is 27.2 Å². The minimum atomic E-state index is -3.86. The average Bonchev–Trinajstić information content (AvgIpc) is 2.86. The number of anilines is 1. The summed E-state index contributed by atoms with van der Waals surface area (Å²) in [4.78, 5) is 31.0. The van der Waals surface area contributed by atoms with Crippen LogP contribution < -0.4 is 20.7 Å². The monoisotopic (exact) mass is 520 g/mol. The van der Waals surface area contributed by atoms with Crippen LogP contribution in [0.5, 0.6) is 11.6 Å². The van der Waals surface area contributed by atoms with E-state index in [1.807, 2.05) is 13.8 Å². The molecule has 10 nitrogen and oxygen atoms in total. The molecule has 0 radical (unpaired) electrons. The number of ether oxygens (including phenoxy) is 1. The third-order valence-electron chi connectivity index (χ3n) is 5.32. The SMILES string of the molecule is CCOc1ccc(NS(=O)(=O)c2ccc(N=Cc3c(O)n(-c4ccc(C)cc4)c(=O)[nH]c3=O)cc2)cc1. The first-order valence-electron chi connectivity index (χ1n) is 11.2. The molecular weight excluding hydrogens is 496 g/mol. The summed E-state index contributed by atoms with van der Waals surface area (Å²) in [7, 11) is -3.86. The van der Waals surface area contributed by atoms with Crippen LogP contribution in [0.4, 0.5) is 11.4 Å². The molecule has 190 valence electrons. The summed E-state index contributed by atoms with van der Waals surface area (Å²) in [5.74, 6) is 0.0620. The Labute approximate surface area is 212 Å². The van der Waals surface area contributed by atoms with Crippen LogP contribution in [-0.4, -0.2) is 35.9 Å². The van der Waals surface area contributed by atoms with Gasteiger partial charge in [0.25, 0.3) is 15.6 Å². The van der Waals surface area contributed by atoms with Crippen molar-refractivity contribution >= 4 is 27.6 Å². The number of rotatable bonds is 8. The number of hydrogen-bond donors (Lipinski definition) is 3. The number of aromatic hydroxyl groups is 1. The maximum Gasteiger partial charge on any atom is 0.335 e. The molecule has 0 saturated heterocycles. The maximum absolute atomic E-state index is 12.7. The van der Waals surface area contributed by atoms with Crippen LogP contribution in [0.15, 0.2) is 92.3 Å². The number of hydrogen-bond acceptors (Lipinski definition) is 7. The van der Waals surface area contributed by atoms with Gasteiger partial charge in [-0.25, -0.2) is 17.8 Å². The van der Waals surface area contributed by atoms with Crippen LogP contribution in [0, 0.1) is 6.92 Å². The number of aromatic amines is 1. The Balaban J connectivity index is 1.56. The zero-order valence-corrected chi connectivity index (χ0v) is 20.8. The molecule has 3 aromatic carbocycles. The number of aliphatic imine (C=N–C) groups is 1. The summed E-state index contributed by atoms with van der Waals surface area (Å²) in [6, 6.07) is 18.9. The molecule has 4 rings (SSSR count). The number of aromatic nitrogens is 2. The van der Waals surface area contributed by atoms with Crippen molar-refractivity contribution in [3.05, 3.63) is 105 Å². The van der Waals surface area contributed by atoms with Crippen LogP contribution in [0.3, 0.4) is 0 Å². The van der Waals surface area contributed by atoms with Gasteiger partial charge in [0.15, 0.2) is 0 Å². The van der Waals surface area contributed by atoms with Gasteiger partial charge in [-0.1, -0.05) is 17.7 Å². The number of nitrogens with one attached hydrogen (secondary N) is 2. The van der Waals surface area contributed by atoms with Gasteiger partial charge in [0.05, 0.1) is 22.9 Å². The lowest BCUT2D eigenvalue weighted by atomic mass is 10.2. The first-order chi connectivity index (χ1) is 17.7. The molecule has 0 amide bonds. The van der Waals surface area contributed by atoms with Gasteiger partial charge < -0.3 is 9.84 Å². The van der Waals surface area contributed by atoms with E-state index in [-0.39, 0.29) is 10.5 Å². The number of nitrogens with zero attached hydrogens (tertiary/aromatic N) is 2. The molecule has 37 heavy (non-hydrogen) atoms. The zero-order valence-electron chi connectivity index (χ0n) is 20.0. The molecular formula is C26H24N4O6S. The van der Waals surface area contributed by atoms with E-state index in [9.17, 15) is 23.1 Å². The maximum atomic E-state index is 12.7. The van der Waals surface area contributed by atoms with Gasteiger partial charge in [-0.2, -0.15) is 0 Å². The van der Waals surface area contributed by atoms with Crippen molar-refractivity contribution < 1.29 is 18.3 Å². The third-order valence-corrected chi connectivity index (χ3v) is 6.72. The standard InChI is InChI=1S/C26H24N4O6S/c1-3-36-21-12-6-19(7-13-21)29-37(34,35)22-14-8-18(9-15-22)27-16-23-24(31)28-26(33)30(25(23)32)20-10-4-17(2)5-11-20/h4-16,29,32H,3H2,1-2H3,(H,28,31,33). The molecule has 1 heterocycles. The molecule has 0 spiro atoms. The highest BCUT2D eigenvalue weighted by Crippen LogP contribution is 2.22. The highest BCUT2D eigenvalue weighted by Gasteiger charge is 2.16. The number of aryl methyl sites for hydroxylation is 1. The first-order valence-corrected chi connectivity index (χ1v) is 12.7.